The highest BCUT2D eigenvalue weighted by atomic mass is 35.5. The number of thioether (sulfide) groups is 1. The summed E-state index contributed by atoms with van der Waals surface area (Å²) in [5.41, 5.74) is 5.91. The topological polar surface area (TPSA) is 66.6 Å². The highest BCUT2D eigenvalue weighted by Gasteiger charge is 2.15. The molecule has 15 heavy (non-hydrogen) atoms. The average Bonchev–Trinajstić information content (AvgIpc) is 2.10. The normalized spacial score (nSPS) is 10.1. The second kappa shape index (κ2) is 4.94. The number of hydroxylamine groups is 2. The Labute approximate surface area is 101 Å². The van der Waals surface area contributed by atoms with Gasteiger partial charge in [0, 0.05) is 12.7 Å². The van der Waals surface area contributed by atoms with Crippen LogP contribution < -0.4 is 5.73 Å². The van der Waals surface area contributed by atoms with Gasteiger partial charge in [-0.15, -0.1) is 0 Å². The Bertz CT molecular complexity index is 375. The van der Waals surface area contributed by atoms with Crippen molar-refractivity contribution in [3.63, 3.8) is 0 Å². The van der Waals surface area contributed by atoms with Crippen LogP contribution in [0.4, 0.5) is 10.5 Å². The summed E-state index contributed by atoms with van der Waals surface area (Å²) in [4.78, 5) is 11.6. The Hall–Kier alpha value is -0.620. The first kappa shape index (κ1) is 12.4. The van der Waals surface area contributed by atoms with Crippen LogP contribution >= 0.6 is 35.0 Å². The van der Waals surface area contributed by atoms with Crippen LogP contribution in [-0.2, 0) is 0 Å². The van der Waals surface area contributed by atoms with E-state index in [2.05, 4.69) is 0 Å². The number of halogens is 2. The Balaban J connectivity index is 3.00. The van der Waals surface area contributed by atoms with Crippen molar-refractivity contribution >= 4 is 45.9 Å². The van der Waals surface area contributed by atoms with Crippen molar-refractivity contribution in [1.82, 2.24) is 5.06 Å². The van der Waals surface area contributed by atoms with E-state index in [1.165, 1.54) is 19.2 Å². The molecule has 0 aromatic heterocycles. The lowest BCUT2D eigenvalue weighted by molar-refractivity contribution is -0.00551. The molecule has 7 heteroatoms. The maximum atomic E-state index is 11.2. The van der Waals surface area contributed by atoms with Gasteiger partial charge in [-0.25, -0.2) is 5.06 Å². The van der Waals surface area contributed by atoms with E-state index in [-0.39, 0.29) is 10.0 Å². The van der Waals surface area contributed by atoms with Crippen molar-refractivity contribution in [3.05, 3.63) is 22.2 Å². The fraction of sp³-hybridized carbons (Fsp3) is 0.125. The summed E-state index contributed by atoms with van der Waals surface area (Å²) in [5, 5.41) is 9.30. The number of nitrogen functional groups attached to an aromatic ring is 1. The zero-order valence-corrected chi connectivity index (χ0v) is 10.0. The van der Waals surface area contributed by atoms with E-state index in [1.54, 1.807) is 0 Å². The summed E-state index contributed by atoms with van der Waals surface area (Å²) >= 11 is 12.4. The van der Waals surface area contributed by atoms with Gasteiger partial charge in [0.15, 0.2) is 0 Å². The third kappa shape index (κ3) is 3.17. The number of amides is 1. The molecule has 0 aliphatic rings. The number of carbonyl (C=O) groups is 1. The predicted molar refractivity (Wildman–Crippen MR) is 61.7 cm³/mol. The van der Waals surface area contributed by atoms with Gasteiger partial charge in [-0.1, -0.05) is 23.2 Å². The van der Waals surface area contributed by atoms with Gasteiger partial charge in [0.2, 0.25) is 0 Å². The van der Waals surface area contributed by atoms with Gasteiger partial charge in [0.25, 0.3) is 0 Å². The number of hydrogen-bond donors (Lipinski definition) is 2. The number of anilines is 1. The van der Waals surface area contributed by atoms with E-state index in [4.69, 9.17) is 34.1 Å². The minimum Gasteiger partial charge on any atom is -0.399 e. The first-order valence-corrected chi connectivity index (χ1v) is 5.38. The molecule has 0 spiro atoms. The van der Waals surface area contributed by atoms with Crippen molar-refractivity contribution in [2.75, 3.05) is 12.8 Å². The number of benzene rings is 1. The van der Waals surface area contributed by atoms with E-state index < -0.39 is 5.24 Å². The van der Waals surface area contributed by atoms with Crippen molar-refractivity contribution in [3.8, 4) is 0 Å². The van der Waals surface area contributed by atoms with Gasteiger partial charge >= 0.3 is 5.24 Å². The standard InChI is InChI=1S/C8H8Cl2N2O2S/c1-12(14)8(13)15-7-5(9)2-4(11)3-6(7)10/h2-3,14H,11H2,1H3. The molecule has 0 saturated heterocycles. The van der Waals surface area contributed by atoms with Crippen LogP contribution in [-0.4, -0.2) is 22.6 Å². The Morgan fingerprint density at radius 2 is 1.93 bits per heavy atom. The van der Waals surface area contributed by atoms with Gasteiger partial charge in [-0.3, -0.25) is 10.0 Å². The van der Waals surface area contributed by atoms with Crippen LogP contribution in [0.15, 0.2) is 17.0 Å². The fourth-order valence-corrected chi connectivity index (χ4v) is 2.19. The lowest BCUT2D eigenvalue weighted by Crippen LogP contribution is -2.17. The lowest BCUT2D eigenvalue weighted by Gasteiger charge is -2.10. The molecule has 1 aromatic rings. The van der Waals surface area contributed by atoms with Crippen LogP contribution in [0, 0.1) is 0 Å². The molecule has 1 rings (SSSR count). The highest BCUT2D eigenvalue weighted by molar-refractivity contribution is 8.13. The summed E-state index contributed by atoms with van der Waals surface area (Å²) < 4.78 is 0. The molecule has 82 valence electrons. The smallest absolute Gasteiger partial charge is 0.309 e. The molecule has 1 aromatic carbocycles. The molecule has 1 amide bonds. The molecule has 0 fully saturated rings. The van der Waals surface area contributed by atoms with E-state index in [9.17, 15) is 4.79 Å². The highest BCUT2D eigenvalue weighted by Crippen LogP contribution is 2.36. The zero-order chi connectivity index (χ0) is 11.6. The molecule has 0 heterocycles. The van der Waals surface area contributed by atoms with E-state index in [0.29, 0.717) is 15.6 Å². The lowest BCUT2D eigenvalue weighted by atomic mass is 10.3. The minimum absolute atomic E-state index is 0.278. The largest absolute Gasteiger partial charge is 0.399 e. The summed E-state index contributed by atoms with van der Waals surface area (Å²) in [6.45, 7) is 0. The molecule has 0 atom stereocenters. The molecule has 0 saturated carbocycles. The maximum absolute atomic E-state index is 11.2. The van der Waals surface area contributed by atoms with Crippen LogP contribution in [0.3, 0.4) is 0 Å². The van der Waals surface area contributed by atoms with Crippen molar-refractivity contribution in [2.24, 2.45) is 0 Å². The summed E-state index contributed by atoms with van der Waals surface area (Å²) in [7, 11) is 1.22. The number of rotatable bonds is 1. The summed E-state index contributed by atoms with van der Waals surface area (Å²) in [6.07, 6.45) is 0. The molecule has 4 nitrogen and oxygen atoms in total. The first-order chi connectivity index (χ1) is 6.91. The van der Waals surface area contributed by atoms with E-state index >= 15 is 0 Å². The number of nitrogens with zero attached hydrogens (tertiary/aromatic N) is 1. The maximum Gasteiger partial charge on any atom is 0.309 e. The molecule has 0 bridgehead atoms. The third-order valence-electron chi connectivity index (χ3n) is 1.47. The van der Waals surface area contributed by atoms with Crippen molar-refractivity contribution < 1.29 is 10.0 Å². The Morgan fingerprint density at radius 1 is 1.47 bits per heavy atom. The second-order valence-electron chi connectivity index (χ2n) is 2.71. The van der Waals surface area contributed by atoms with Crippen LogP contribution in [0.5, 0.6) is 0 Å². The third-order valence-corrected chi connectivity index (χ3v) is 3.38. The summed E-state index contributed by atoms with van der Waals surface area (Å²) in [5.74, 6) is 0. The molecular weight excluding hydrogens is 259 g/mol. The molecule has 3 N–H and O–H groups in total. The Kier molecular flexibility index (Phi) is 4.10. The van der Waals surface area contributed by atoms with Crippen LogP contribution in [0.2, 0.25) is 10.0 Å². The quantitative estimate of drug-likeness (QED) is 0.355. The second-order valence-corrected chi connectivity index (χ2v) is 4.48. The molecule has 0 aliphatic carbocycles. The first-order valence-electron chi connectivity index (χ1n) is 3.80. The SMILES string of the molecule is CN(O)C(=O)Sc1c(Cl)cc(N)cc1Cl. The Morgan fingerprint density at radius 3 is 2.33 bits per heavy atom. The summed E-state index contributed by atoms with van der Waals surface area (Å²) in [6, 6.07) is 2.97. The van der Waals surface area contributed by atoms with Crippen molar-refractivity contribution in [2.45, 2.75) is 4.90 Å². The van der Waals surface area contributed by atoms with Gasteiger partial charge in [0.1, 0.15) is 0 Å². The zero-order valence-electron chi connectivity index (χ0n) is 7.70. The van der Waals surface area contributed by atoms with Crippen molar-refractivity contribution in [1.29, 1.82) is 0 Å². The van der Waals surface area contributed by atoms with Gasteiger partial charge in [0.05, 0.1) is 14.9 Å². The monoisotopic (exact) mass is 266 g/mol. The van der Waals surface area contributed by atoms with Gasteiger partial charge in [-0.2, -0.15) is 0 Å². The van der Waals surface area contributed by atoms with E-state index in [0.717, 1.165) is 11.8 Å². The number of hydrogen-bond acceptors (Lipinski definition) is 4. The van der Waals surface area contributed by atoms with Gasteiger partial charge in [-0.05, 0) is 23.9 Å². The fourth-order valence-electron chi connectivity index (χ4n) is 0.830. The van der Waals surface area contributed by atoms with Gasteiger partial charge < -0.3 is 5.73 Å². The molecule has 0 unspecified atom stereocenters. The minimum atomic E-state index is -0.580. The number of nitrogens with two attached hydrogens (primary N) is 1. The molecule has 0 radical (unpaired) electrons. The molecular formula is C8H8Cl2N2O2S. The van der Waals surface area contributed by atoms with Crippen LogP contribution in [0.25, 0.3) is 0 Å². The average molecular weight is 267 g/mol. The molecule has 0 aliphatic heterocycles. The predicted octanol–water partition coefficient (Wildman–Crippen LogP) is 3.11. The van der Waals surface area contributed by atoms with E-state index in [1.807, 2.05) is 0 Å². The van der Waals surface area contributed by atoms with Crippen LogP contribution in [0.1, 0.15) is 0 Å². The number of carbonyl (C=O) groups excluding carboxylic acids is 1.